The van der Waals surface area contributed by atoms with Gasteiger partial charge in [-0.15, -0.1) is 0 Å². The highest BCUT2D eigenvalue weighted by Crippen LogP contribution is 2.28. The maximum Gasteiger partial charge on any atom is 0.313 e. The minimum absolute atomic E-state index is 0.0115. The zero-order valence-electron chi connectivity index (χ0n) is 12.4. The summed E-state index contributed by atoms with van der Waals surface area (Å²) in [7, 11) is 0. The van der Waals surface area contributed by atoms with Crippen molar-refractivity contribution in [3.05, 3.63) is 17.8 Å². The number of carbonyl (C=O) groups is 1. The van der Waals surface area contributed by atoms with E-state index in [9.17, 15) is 4.79 Å². The fourth-order valence-electron chi connectivity index (χ4n) is 2.09. The summed E-state index contributed by atoms with van der Waals surface area (Å²) in [5, 5.41) is 9.62. The number of carboxylic acid groups (broad SMARTS) is 1. The van der Waals surface area contributed by atoms with E-state index in [1.54, 1.807) is 11.8 Å². The van der Waals surface area contributed by atoms with Crippen LogP contribution in [0.5, 0.6) is 0 Å². The van der Waals surface area contributed by atoms with E-state index in [1.807, 2.05) is 19.1 Å². The van der Waals surface area contributed by atoms with Crippen LogP contribution in [-0.2, 0) is 4.79 Å². The first kappa shape index (κ1) is 16.2. The third-order valence-corrected chi connectivity index (χ3v) is 4.73. The Labute approximate surface area is 132 Å². The van der Waals surface area contributed by atoms with Crippen molar-refractivity contribution in [3.63, 3.8) is 0 Å². The van der Waals surface area contributed by atoms with E-state index in [1.165, 1.54) is 11.8 Å². The molecule has 1 unspecified atom stereocenters. The molecule has 0 aliphatic heterocycles. The molecule has 0 spiro atoms. The van der Waals surface area contributed by atoms with Crippen LogP contribution >= 0.6 is 23.5 Å². The van der Waals surface area contributed by atoms with Crippen LogP contribution in [-0.4, -0.2) is 43.4 Å². The topological polar surface area (TPSA) is 68.0 Å². The van der Waals surface area contributed by atoms with Gasteiger partial charge in [0.2, 0.25) is 0 Å². The monoisotopic (exact) mass is 325 g/mol. The van der Waals surface area contributed by atoms with Crippen LogP contribution < -0.4 is 0 Å². The van der Waals surface area contributed by atoms with Crippen LogP contribution in [0.1, 0.15) is 25.1 Å². The predicted octanol–water partition coefficient (Wildman–Crippen LogP) is 3.23. The molecule has 0 fully saturated rings. The van der Waals surface area contributed by atoms with Gasteiger partial charge in [0.1, 0.15) is 5.52 Å². The van der Waals surface area contributed by atoms with Crippen LogP contribution in [0.3, 0.4) is 0 Å². The smallest absolute Gasteiger partial charge is 0.313 e. The fraction of sp³-hybridized carbons (Fsp3) is 0.500. The quantitative estimate of drug-likeness (QED) is 0.788. The first-order chi connectivity index (χ1) is 10.0. The Bertz CT molecular complexity index is 642. The summed E-state index contributed by atoms with van der Waals surface area (Å²) in [5.41, 5.74) is 2.61. The van der Waals surface area contributed by atoms with Gasteiger partial charge in [-0.1, -0.05) is 11.8 Å². The van der Waals surface area contributed by atoms with E-state index in [2.05, 4.69) is 27.7 Å². The molecular weight excluding hydrogens is 306 g/mol. The van der Waals surface area contributed by atoms with E-state index < -0.39 is 5.97 Å². The van der Waals surface area contributed by atoms with Crippen molar-refractivity contribution in [2.24, 2.45) is 0 Å². The van der Waals surface area contributed by atoms with Gasteiger partial charge in [0, 0.05) is 11.7 Å². The summed E-state index contributed by atoms with van der Waals surface area (Å²) < 4.78 is 2.08. The van der Waals surface area contributed by atoms with Gasteiger partial charge >= 0.3 is 5.97 Å². The number of pyridine rings is 1. The van der Waals surface area contributed by atoms with Crippen LogP contribution in [0.2, 0.25) is 0 Å². The van der Waals surface area contributed by atoms with Crippen LogP contribution in [0.15, 0.2) is 17.3 Å². The molecule has 0 aliphatic carbocycles. The van der Waals surface area contributed by atoms with E-state index in [4.69, 9.17) is 5.11 Å². The van der Waals surface area contributed by atoms with Gasteiger partial charge in [-0.3, -0.25) is 4.79 Å². The van der Waals surface area contributed by atoms with Gasteiger partial charge in [0.15, 0.2) is 10.8 Å². The summed E-state index contributed by atoms with van der Waals surface area (Å²) in [5.74, 6) is 0.229. The number of hydrogen-bond acceptors (Lipinski definition) is 5. The normalized spacial score (nSPS) is 12.7. The lowest BCUT2D eigenvalue weighted by Crippen LogP contribution is -2.10. The second-order valence-corrected chi connectivity index (χ2v) is 6.80. The molecule has 0 bridgehead atoms. The molecule has 2 heterocycles. The Morgan fingerprint density at radius 2 is 2.19 bits per heavy atom. The number of thioether (sulfide) groups is 2. The number of aryl methyl sites for hydroxylation is 1. The van der Waals surface area contributed by atoms with Crippen molar-refractivity contribution in [1.29, 1.82) is 0 Å². The number of imidazole rings is 1. The zero-order chi connectivity index (χ0) is 15.4. The molecule has 2 aromatic rings. The minimum Gasteiger partial charge on any atom is -0.481 e. The third-order valence-electron chi connectivity index (χ3n) is 3.15. The Morgan fingerprint density at radius 3 is 2.86 bits per heavy atom. The second-order valence-electron chi connectivity index (χ2n) is 4.87. The molecule has 2 aromatic heterocycles. The maximum atomic E-state index is 10.8. The SMILES string of the molecule is CSCCC(C)n1c(SCC(=O)O)nc2ccc(C)nc21. The number of fused-ring (bicyclic) bond motifs is 1. The van der Waals surface area contributed by atoms with E-state index in [-0.39, 0.29) is 11.8 Å². The molecule has 21 heavy (non-hydrogen) atoms. The molecule has 0 saturated carbocycles. The number of rotatable bonds is 7. The molecular formula is C14H19N3O2S2. The molecule has 0 aromatic carbocycles. The summed E-state index contributed by atoms with van der Waals surface area (Å²) in [4.78, 5) is 20.0. The summed E-state index contributed by atoms with van der Waals surface area (Å²) in [6, 6.07) is 4.12. The van der Waals surface area contributed by atoms with E-state index in [0.29, 0.717) is 0 Å². The average molecular weight is 325 g/mol. The van der Waals surface area contributed by atoms with Crippen LogP contribution in [0.4, 0.5) is 0 Å². The standard InChI is InChI=1S/C14H19N3O2S2/c1-9-4-5-11-13(15-9)17(10(2)6-7-20-3)14(16-11)21-8-12(18)19/h4-5,10H,6-8H2,1-3H3,(H,18,19). The first-order valence-electron chi connectivity index (χ1n) is 6.72. The largest absolute Gasteiger partial charge is 0.481 e. The van der Waals surface area contributed by atoms with Crippen molar-refractivity contribution in [2.45, 2.75) is 31.5 Å². The average Bonchev–Trinajstić information content (AvgIpc) is 2.80. The second kappa shape index (κ2) is 7.17. The summed E-state index contributed by atoms with van der Waals surface area (Å²) in [6.07, 6.45) is 3.09. The van der Waals surface area contributed by atoms with Crippen LogP contribution in [0, 0.1) is 6.92 Å². The molecule has 0 radical (unpaired) electrons. The Balaban J connectivity index is 2.42. The number of aliphatic carboxylic acids is 1. The van der Waals surface area contributed by atoms with Gasteiger partial charge in [0.05, 0.1) is 5.75 Å². The van der Waals surface area contributed by atoms with Gasteiger partial charge in [-0.2, -0.15) is 11.8 Å². The van der Waals surface area contributed by atoms with E-state index >= 15 is 0 Å². The number of carboxylic acids is 1. The lowest BCUT2D eigenvalue weighted by Gasteiger charge is -2.16. The van der Waals surface area contributed by atoms with Crippen molar-refractivity contribution in [1.82, 2.24) is 14.5 Å². The van der Waals surface area contributed by atoms with Crippen LogP contribution in [0.25, 0.3) is 11.2 Å². The number of hydrogen-bond donors (Lipinski definition) is 1. The third kappa shape index (κ3) is 3.91. The highest BCUT2D eigenvalue weighted by atomic mass is 32.2. The molecule has 5 nitrogen and oxygen atoms in total. The molecule has 0 amide bonds. The molecule has 1 N–H and O–H groups in total. The Hall–Kier alpha value is -1.21. The van der Waals surface area contributed by atoms with Gasteiger partial charge in [-0.05, 0) is 44.4 Å². The van der Waals surface area contributed by atoms with Gasteiger partial charge in [0.25, 0.3) is 0 Å². The fourth-order valence-corrected chi connectivity index (χ4v) is 3.49. The number of aromatic nitrogens is 3. The van der Waals surface area contributed by atoms with Gasteiger partial charge < -0.3 is 9.67 Å². The lowest BCUT2D eigenvalue weighted by molar-refractivity contribution is -0.133. The van der Waals surface area contributed by atoms with Gasteiger partial charge in [-0.25, -0.2) is 9.97 Å². The Morgan fingerprint density at radius 1 is 1.43 bits per heavy atom. The molecule has 1 atom stereocenters. The highest BCUT2D eigenvalue weighted by Gasteiger charge is 2.18. The molecule has 0 aliphatic rings. The highest BCUT2D eigenvalue weighted by molar-refractivity contribution is 7.99. The predicted molar refractivity (Wildman–Crippen MR) is 88.3 cm³/mol. The minimum atomic E-state index is -0.834. The Kier molecular flexibility index (Phi) is 5.52. The summed E-state index contributed by atoms with van der Waals surface area (Å²) in [6.45, 7) is 4.08. The first-order valence-corrected chi connectivity index (χ1v) is 9.10. The number of nitrogens with zero attached hydrogens (tertiary/aromatic N) is 3. The molecule has 7 heteroatoms. The summed E-state index contributed by atoms with van der Waals surface area (Å²) >= 11 is 3.06. The van der Waals surface area contributed by atoms with Crippen molar-refractivity contribution in [2.75, 3.05) is 17.8 Å². The maximum absolute atomic E-state index is 10.8. The van der Waals surface area contributed by atoms with Crippen molar-refractivity contribution >= 4 is 40.7 Å². The van der Waals surface area contributed by atoms with Crippen molar-refractivity contribution in [3.8, 4) is 0 Å². The zero-order valence-corrected chi connectivity index (χ0v) is 14.0. The molecule has 2 rings (SSSR count). The van der Waals surface area contributed by atoms with Crippen molar-refractivity contribution < 1.29 is 9.90 Å². The molecule has 114 valence electrons. The molecule has 0 saturated heterocycles. The van der Waals surface area contributed by atoms with E-state index in [0.717, 1.165) is 34.2 Å². The lowest BCUT2D eigenvalue weighted by atomic mass is 10.2.